The fourth-order valence-corrected chi connectivity index (χ4v) is 5.29. The van der Waals surface area contributed by atoms with Crippen molar-refractivity contribution < 1.29 is 9.47 Å². The van der Waals surface area contributed by atoms with Crippen LogP contribution in [0.25, 0.3) is 27.8 Å². The van der Waals surface area contributed by atoms with E-state index in [1.165, 1.54) is 11.4 Å². The fraction of sp³-hybridized carbons (Fsp3) is 0.300. The number of hydrogen-bond acceptors (Lipinski definition) is 7. The number of anilines is 2. The Kier molecular flexibility index (Phi) is 6.79. The summed E-state index contributed by atoms with van der Waals surface area (Å²) in [7, 11) is 3.84. The largest absolute Gasteiger partial charge is 0.491 e. The van der Waals surface area contributed by atoms with Gasteiger partial charge in [-0.3, -0.25) is 9.55 Å². The number of methoxy groups -OCH3 is 1. The predicted octanol–water partition coefficient (Wildman–Crippen LogP) is 5.10. The first-order chi connectivity index (χ1) is 18.7. The van der Waals surface area contributed by atoms with Crippen molar-refractivity contribution in [2.45, 2.75) is 18.9 Å². The van der Waals surface area contributed by atoms with Crippen LogP contribution < -0.4 is 14.5 Å². The van der Waals surface area contributed by atoms with E-state index in [9.17, 15) is 0 Å². The van der Waals surface area contributed by atoms with E-state index in [-0.39, 0.29) is 0 Å². The van der Waals surface area contributed by atoms with Crippen molar-refractivity contribution in [2.24, 2.45) is 0 Å². The molecule has 3 aromatic heterocycles. The van der Waals surface area contributed by atoms with Crippen molar-refractivity contribution in [3.05, 3.63) is 79.4 Å². The Morgan fingerprint density at radius 2 is 1.89 bits per heavy atom. The van der Waals surface area contributed by atoms with Crippen LogP contribution in [-0.2, 0) is 4.74 Å². The molecular formula is C30H32N6O2. The van der Waals surface area contributed by atoms with Crippen LogP contribution in [0.3, 0.4) is 0 Å². The maximum Gasteiger partial charge on any atom is 0.139 e. The molecule has 2 aromatic carbocycles. The first kappa shape index (κ1) is 24.2. The maximum atomic E-state index is 5.76. The van der Waals surface area contributed by atoms with Crippen LogP contribution >= 0.6 is 0 Å². The van der Waals surface area contributed by atoms with Crippen LogP contribution in [0.15, 0.2) is 79.4 Å². The Balaban J connectivity index is 1.24. The van der Waals surface area contributed by atoms with E-state index in [0.29, 0.717) is 19.3 Å². The first-order valence-corrected chi connectivity index (χ1v) is 13.1. The Hall–Kier alpha value is -4.17. The third-order valence-corrected chi connectivity index (χ3v) is 7.41. The number of hydrogen-bond donors (Lipinski definition) is 0. The standard InChI is InChI=1S/C30H32N6O2/c1-34(24-6-4-14-31-20-24)23-12-15-35(16-13-23)28-7-3-5-22-8-11-29(33-30(22)28)36-21-32-26-19-25(9-10-27(26)36)38-18-17-37-2/h3-11,14,19-21,23H,12-13,15-18H2,1-2H3. The summed E-state index contributed by atoms with van der Waals surface area (Å²) in [4.78, 5) is 18.9. The third kappa shape index (κ3) is 4.75. The molecule has 38 heavy (non-hydrogen) atoms. The van der Waals surface area contributed by atoms with Crippen molar-refractivity contribution in [2.75, 3.05) is 50.3 Å². The number of benzene rings is 2. The quantitative estimate of drug-likeness (QED) is 0.270. The van der Waals surface area contributed by atoms with Crippen LogP contribution in [0.2, 0.25) is 0 Å². The molecule has 0 N–H and O–H groups in total. The molecule has 0 radical (unpaired) electrons. The third-order valence-electron chi connectivity index (χ3n) is 7.41. The topological polar surface area (TPSA) is 68.5 Å². The maximum absolute atomic E-state index is 5.76. The molecule has 1 saturated heterocycles. The summed E-state index contributed by atoms with van der Waals surface area (Å²) < 4.78 is 12.9. The molecule has 0 bridgehead atoms. The molecule has 0 aliphatic carbocycles. The van der Waals surface area contributed by atoms with Gasteiger partial charge < -0.3 is 19.3 Å². The molecule has 8 nitrogen and oxygen atoms in total. The van der Waals surface area contributed by atoms with Crippen molar-refractivity contribution in [1.82, 2.24) is 19.5 Å². The highest BCUT2D eigenvalue weighted by atomic mass is 16.5. The van der Waals surface area contributed by atoms with Gasteiger partial charge in [-0.15, -0.1) is 0 Å². The van der Waals surface area contributed by atoms with Gasteiger partial charge >= 0.3 is 0 Å². The average molecular weight is 509 g/mol. The van der Waals surface area contributed by atoms with Gasteiger partial charge in [0, 0.05) is 50.9 Å². The average Bonchev–Trinajstić information content (AvgIpc) is 3.40. The van der Waals surface area contributed by atoms with Crippen molar-refractivity contribution in [3.63, 3.8) is 0 Å². The second-order valence-electron chi connectivity index (χ2n) is 9.67. The Morgan fingerprint density at radius 1 is 1.00 bits per heavy atom. The van der Waals surface area contributed by atoms with E-state index in [4.69, 9.17) is 14.5 Å². The first-order valence-electron chi connectivity index (χ1n) is 13.1. The van der Waals surface area contributed by atoms with Gasteiger partial charge in [0.1, 0.15) is 24.5 Å². The smallest absolute Gasteiger partial charge is 0.139 e. The molecule has 0 spiro atoms. The summed E-state index contributed by atoms with van der Waals surface area (Å²) in [5.74, 6) is 1.64. The lowest BCUT2D eigenvalue weighted by molar-refractivity contribution is 0.146. The number of rotatable bonds is 8. The van der Waals surface area contributed by atoms with E-state index < -0.39 is 0 Å². The number of ether oxygens (including phenoxy) is 2. The van der Waals surface area contributed by atoms with Gasteiger partial charge in [-0.2, -0.15) is 0 Å². The lowest BCUT2D eigenvalue weighted by atomic mass is 10.0. The normalized spacial score (nSPS) is 14.3. The Bertz CT molecular complexity index is 1530. The van der Waals surface area contributed by atoms with Crippen molar-refractivity contribution in [3.8, 4) is 11.6 Å². The minimum Gasteiger partial charge on any atom is -0.491 e. The fourth-order valence-electron chi connectivity index (χ4n) is 5.29. The highest BCUT2D eigenvalue weighted by Crippen LogP contribution is 2.31. The van der Waals surface area contributed by atoms with E-state index in [0.717, 1.165) is 59.4 Å². The zero-order valence-corrected chi connectivity index (χ0v) is 21.8. The van der Waals surface area contributed by atoms with Crippen molar-refractivity contribution >= 4 is 33.3 Å². The van der Waals surface area contributed by atoms with Gasteiger partial charge in [0.2, 0.25) is 0 Å². The summed E-state index contributed by atoms with van der Waals surface area (Å²) in [5, 5.41) is 1.14. The van der Waals surface area contributed by atoms with Crippen LogP contribution in [0, 0.1) is 0 Å². The molecule has 0 unspecified atom stereocenters. The summed E-state index contributed by atoms with van der Waals surface area (Å²) in [6.45, 7) is 3.03. The lowest BCUT2D eigenvalue weighted by Crippen LogP contribution is -2.43. The summed E-state index contributed by atoms with van der Waals surface area (Å²) in [6.07, 6.45) is 7.77. The van der Waals surface area contributed by atoms with Gasteiger partial charge in [-0.1, -0.05) is 12.1 Å². The molecule has 1 aliphatic heterocycles. The molecule has 0 atom stereocenters. The monoisotopic (exact) mass is 508 g/mol. The molecule has 0 saturated carbocycles. The number of para-hydroxylation sites is 1. The number of pyridine rings is 2. The van der Waals surface area contributed by atoms with Gasteiger partial charge in [0.05, 0.1) is 40.7 Å². The number of piperidine rings is 1. The number of fused-ring (bicyclic) bond motifs is 2. The second kappa shape index (κ2) is 10.7. The number of imidazole rings is 1. The van der Waals surface area contributed by atoms with Gasteiger partial charge in [0.25, 0.3) is 0 Å². The number of nitrogens with zero attached hydrogens (tertiary/aromatic N) is 6. The minimum atomic E-state index is 0.495. The summed E-state index contributed by atoms with van der Waals surface area (Å²) in [5.41, 5.74) is 5.24. The van der Waals surface area contributed by atoms with Gasteiger partial charge in [0.15, 0.2) is 0 Å². The van der Waals surface area contributed by atoms with Crippen molar-refractivity contribution in [1.29, 1.82) is 0 Å². The zero-order chi connectivity index (χ0) is 25.9. The molecule has 1 aliphatic rings. The van der Waals surface area contributed by atoms with Gasteiger partial charge in [-0.05, 0) is 55.3 Å². The molecule has 194 valence electrons. The van der Waals surface area contributed by atoms with E-state index in [1.54, 1.807) is 7.11 Å². The minimum absolute atomic E-state index is 0.495. The molecule has 0 amide bonds. The molecule has 4 heterocycles. The van der Waals surface area contributed by atoms with Crippen LogP contribution in [0.5, 0.6) is 5.75 Å². The molecule has 1 fully saturated rings. The van der Waals surface area contributed by atoms with E-state index in [1.807, 2.05) is 47.6 Å². The predicted molar refractivity (Wildman–Crippen MR) is 152 cm³/mol. The Morgan fingerprint density at radius 3 is 2.71 bits per heavy atom. The highest BCUT2D eigenvalue weighted by Gasteiger charge is 2.24. The Labute approximate surface area is 222 Å². The van der Waals surface area contributed by atoms with E-state index >= 15 is 0 Å². The highest BCUT2D eigenvalue weighted by molar-refractivity contribution is 5.92. The molecule has 8 heteroatoms. The van der Waals surface area contributed by atoms with Gasteiger partial charge in [-0.25, -0.2) is 9.97 Å². The van der Waals surface area contributed by atoms with E-state index in [2.05, 4.69) is 63.2 Å². The van der Waals surface area contributed by atoms with Crippen LogP contribution in [0.1, 0.15) is 12.8 Å². The number of aromatic nitrogens is 4. The second-order valence-corrected chi connectivity index (χ2v) is 9.67. The van der Waals surface area contributed by atoms with Crippen LogP contribution in [-0.4, -0.2) is 66.0 Å². The summed E-state index contributed by atoms with van der Waals surface area (Å²) in [6, 6.07) is 21.3. The lowest BCUT2D eigenvalue weighted by Gasteiger charge is -2.39. The zero-order valence-electron chi connectivity index (χ0n) is 21.8. The molecule has 5 aromatic rings. The SMILES string of the molecule is COCCOc1ccc2c(c1)ncn2-c1ccc2cccc(N3CCC(N(C)c4cccnc4)CC3)c2n1. The summed E-state index contributed by atoms with van der Waals surface area (Å²) >= 11 is 0. The van der Waals surface area contributed by atoms with Crippen LogP contribution in [0.4, 0.5) is 11.4 Å². The molecular weight excluding hydrogens is 476 g/mol. The molecule has 6 rings (SSSR count).